The highest BCUT2D eigenvalue weighted by Gasteiger charge is 2.26. The molecule has 0 unspecified atom stereocenters. The molecule has 0 amide bonds. The molecule has 4 heterocycles. The summed E-state index contributed by atoms with van der Waals surface area (Å²) in [6.45, 7) is 13.5. The number of hydrogen-bond acceptors (Lipinski definition) is 6. The Balaban J connectivity index is 0.826. The zero-order valence-electron chi connectivity index (χ0n) is 43.2. The SMILES string of the molecule is CC(C)(C)c1cccc2c1oc1c(N(c3ccccc3)c3ccc4cc5c(cc4c3)sc3cc4c(cc35)sc3cc5cc(N(c6ccccc6)c6cccc7c6oc6c(C(C)(C)C)cccc67)ccc5cc34)cccc12. The number of hydrogen-bond donors (Lipinski definition) is 0. The standard InChI is InChI=1S/C70H52N2O2S2/c1-69(2,3)57-25-13-21-49-51-23-15-27-59(67(51)73-65(49)57)71(45-17-9-7-10-18-45)47-31-29-41-35-53-55-39-64-56(40-63(55)75-61(53)37-43(41)33-47)54-36-42-30-32-48(34-44(42)38-62(54)76-64)72(46-19-11-8-12-20-46)60-28-16-24-52-50-22-14-26-58(70(4,5)6)66(50)74-68(52)60/h7-40H,1-6H3. The number of para-hydroxylation sites is 6. The molecule has 0 saturated carbocycles. The molecule has 15 aromatic rings. The zero-order chi connectivity index (χ0) is 51.2. The van der Waals surface area contributed by atoms with Crippen LogP contribution in [0.15, 0.2) is 215 Å². The summed E-state index contributed by atoms with van der Waals surface area (Å²) in [4.78, 5) is 4.70. The monoisotopic (exact) mass is 1020 g/mol. The van der Waals surface area contributed by atoms with E-state index in [0.717, 1.165) is 78.0 Å². The third-order valence-corrected chi connectivity index (χ3v) is 17.8. The maximum atomic E-state index is 6.95. The molecule has 0 saturated heterocycles. The first-order chi connectivity index (χ1) is 36.9. The minimum Gasteiger partial charge on any atom is -0.454 e. The summed E-state index contributed by atoms with van der Waals surface area (Å²) in [7, 11) is 0. The summed E-state index contributed by atoms with van der Waals surface area (Å²) < 4.78 is 19.1. The summed E-state index contributed by atoms with van der Waals surface area (Å²) in [6.07, 6.45) is 0. The maximum absolute atomic E-state index is 6.95. The molecule has 76 heavy (non-hydrogen) atoms. The van der Waals surface area contributed by atoms with E-state index in [4.69, 9.17) is 8.83 Å². The predicted molar refractivity (Wildman–Crippen MR) is 329 cm³/mol. The van der Waals surface area contributed by atoms with Crippen LogP contribution >= 0.6 is 22.7 Å². The highest BCUT2D eigenvalue weighted by atomic mass is 32.1. The van der Waals surface area contributed by atoms with Gasteiger partial charge in [-0.05, 0) is 129 Å². The van der Waals surface area contributed by atoms with Crippen molar-refractivity contribution >= 4 is 163 Å². The van der Waals surface area contributed by atoms with Crippen LogP contribution in [0.2, 0.25) is 0 Å². The Morgan fingerprint density at radius 1 is 0.289 bits per heavy atom. The van der Waals surface area contributed by atoms with Crippen molar-refractivity contribution in [1.82, 2.24) is 0 Å². The van der Waals surface area contributed by atoms with Crippen LogP contribution in [-0.2, 0) is 10.8 Å². The van der Waals surface area contributed by atoms with Crippen LogP contribution in [0.1, 0.15) is 52.7 Å². The Kier molecular flexibility index (Phi) is 9.80. The average molecular weight is 1020 g/mol. The fraction of sp³-hybridized carbons (Fsp3) is 0.114. The van der Waals surface area contributed by atoms with Crippen molar-refractivity contribution in [1.29, 1.82) is 0 Å². The number of nitrogens with zero attached hydrogens (tertiary/aromatic N) is 2. The van der Waals surface area contributed by atoms with E-state index in [1.807, 2.05) is 22.7 Å². The second kappa shape index (κ2) is 16.5. The molecule has 0 bridgehead atoms. The molecule has 0 atom stereocenters. The van der Waals surface area contributed by atoms with E-state index in [1.54, 1.807) is 0 Å². The van der Waals surface area contributed by atoms with Crippen LogP contribution < -0.4 is 9.80 Å². The Hall–Kier alpha value is -8.42. The highest BCUT2D eigenvalue weighted by Crippen LogP contribution is 2.49. The molecule has 6 heteroatoms. The van der Waals surface area contributed by atoms with Gasteiger partial charge in [0.15, 0.2) is 11.2 Å². The molecule has 0 radical (unpaired) electrons. The van der Waals surface area contributed by atoms with Gasteiger partial charge in [-0.25, -0.2) is 0 Å². The van der Waals surface area contributed by atoms with Gasteiger partial charge < -0.3 is 18.6 Å². The minimum absolute atomic E-state index is 0.0631. The molecule has 4 aromatic heterocycles. The molecular formula is C70H52N2O2S2. The molecule has 0 aliphatic carbocycles. The fourth-order valence-electron chi connectivity index (χ4n) is 11.9. The first-order valence-corrected chi connectivity index (χ1v) is 27.8. The first-order valence-electron chi connectivity index (χ1n) is 26.2. The number of furan rings is 2. The van der Waals surface area contributed by atoms with Crippen LogP contribution in [0.25, 0.3) is 106 Å². The third kappa shape index (κ3) is 7.01. The number of rotatable bonds is 6. The summed E-state index contributed by atoms with van der Waals surface area (Å²) in [6, 6.07) is 75.8. The first kappa shape index (κ1) is 45.0. The average Bonchev–Trinajstić information content (AvgIpc) is 4.25. The normalized spacial score (nSPS) is 12.6. The van der Waals surface area contributed by atoms with Crippen LogP contribution in [0, 0.1) is 0 Å². The second-order valence-electron chi connectivity index (χ2n) is 22.5. The van der Waals surface area contributed by atoms with E-state index >= 15 is 0 Å². The van der Waals surface area contributed by atoms with Gasteiger partial charge in [-0.1, -0.05) is 151 Å². The number of anilines is 6. The summed E-state index contributed by atoms with van der Waals surface area (Å²) in [5.41, 5.74) is 12.4. The van der Waals surface area contributed by atoms with Crippen LogP contribution in [-0.4, -0.2) is 0 Å². The molecule has 366 valence electrons. The topological polar surface area (TPSA) is 32.8 Å². The summed E-state index contributed by atoms with van der Waals surface area (Å²) in [5.74, 6) is 0. The molecule has 0 aliphatic heterocycles. The molecule has 15 rings (SSSR count). The lowest BCUT2D eigenvalue weighted by atomic mass is 9.86. The summed E-state index contributed by atoms with van der Waals surface area (Å²) in [5, 5.41) is 14.6. The van der Waals surface area contributed by atoms with E-state index in [1.165, 1.54) is 73.0 Å². The molecule has 11 aromatic carbocycles. The molecule has 4 nitrogen and oxygen atoms in total. The van der Waals surface area contributed by atoms with Crippen molar-refractivity contribution in [2.45, 2.75) is 52.4 Å². The Morgan fingerprint density at radius 2 is 0.658 bits per heavy atom. The Bertz CT molecular complexity index is 4540. The maximum Gasteiger partial charge on any atom is 0.159 e. The fourth-order valence-corrected chi connectivity index (χ4v) is 14.3. The van der Waals surface area contributed by atoms with Crippen molar-refractivity contribution < 1.29 is 8.83 Å². The molecule has 0 aliphatic rings. The number of thiophene rings is 2. The van der Waals surface area contributed by atoms with E-state index in [2.05, 4.69) is 258 Å². The minimum atomic E-state index is -0.0631. The quantitative estimate of drug-likeness (QED) is 0.166. The lowest BCUT2D eigenvalue weighted by Crippen LogP contribution is -2.11. The molecular weight excluding hydrogens is 965 g/mol. The van der Waals surface area contributed by atoms with Gasteiger partial charge >= 0.3 is 0 Å². The summed E-state index contributed by atoms with van der Waals surface area (Å²) >= 11 is 3.78. The van der Waals surface area contributed by atoms with E-state index in [9.17, 15) is 0 Å². The lowest BCUT2D eigenvalue weighted by Gasteiger charge is -2.26. The number of fused-ring (bicyclic) bond motifs is 14. The van der Waals surface area contributed by atoms with Gasteiger partial charge in [0.2, 0.25) is 0 Å². The van der Waals surface area contributed by atoms with Gasteiger partial charge in [0.1, 0.15) is 11.2 Å². The van der Waals surface area contributed by atoms with Gasteiger partial charge in [0.05, 0.1) is 11.4 Å². The Labute approximate surface area is 448 Å². The smallest absolute Gasteiger partial charge is 0.159 e. The third-order valence-electron chi connectivity index (χ3n) is 15.6. The van der Waals surface area contributed by atoms with Crippen molar-refractivity contribution in [2.75, 3.05) is 9.80 Å². The molecule has 0 spiro atoms. The predicted octanol–water partition coefficient (Wildman–Crippen LogP) is 22.1. The van der Waals surface area contributed by atoms with Crippen molar-refractivity contribution in [3.63, 3.8) is 0 Å². The van der Waals surface area contributed by atoms with E-state index < -0.39 is 0 Å². The zero-order valence-corrected chi connectivity index (χ0v) is 44.8. The van der Waals surface area contributed by atoms with Crippen LogP contribution in [0.5, 0.6) is 0 Å². The van der Waals surface area contributed by atoms with Crippen molar-refractivity contribution in [3.8, 4) is 0 Å². The van der Waals surface area contributed by atoms with Crippen LogP contribution in [0.3, 0.4) is 0 Å². The molecule has 0 fully saturated rings. The lowest BCUT2D eigenvalue weighted by molar-refractivity contribution is 0.572. The van der Waals surface area contributed by atoms with E-state index in [0.29, 0.717) is 0 Å². The number of benzene rings is 11. The molecule has 0 N–H and O–H groups in total. The van der Waals surface area contributed by atoms with Crippen molar-refractivity contribution in [2.24, 2.45) is 0 Å². The van der Waals surface area contributed by atoms with Crippen LogP contribution in [0.4, 0.5) is 34.1 Å². The van der Waals surface area contributed by atoms with Gasteiger partial charge in [0, 0.05) is 95.8 Å². The van der Waals surface area contributed by atoms with E-state index in [-0.39, 0.29) is 10.8 Å². The highest BCUT2D eigenvalue weighted by molar-refractivity contribution is 7.27. The van der Waals surface area contributed by atoms with Gasteiger partial charge in [0.25, 0.3) is 0 Å². The van der Waals surface area contributed by atoms with Gasteiger partial charge in [-0.2, -0.15) is 0 Å². The Morgan fingerprint density at radius 3 is 1.07 bits per heavy atom. The van der Waals surface area contributed by atoms with Gasteiger partial charge in [-0.15, -0.1) is 22.7 Å². The largest absolute Gasteiger partial charge is 0.454 e. The van der Waals surface area contributed by atoms with Crippen molar-refractivity contribution in [3.05, 3.63) is 217 Å². The second-order valence-corrected chi connectivity index (χ2v) is 24.7. The van der Waals surface area contributed by atoms with Gasteiger partial charge in [-0.3, -0.25) is 0 Å².